The number of ketones is 1. The van der Waals surface area contributed by atoms with Gasteiger partial charge in [0.2, 0.25) is 5.89 Å². The Bertz CT molecular complexity index is 1350. The molecule has 0 aliphatic rings. The van der Waals surface area contributed by atoms with Crippen molar-refractivity contribution < 1.29 is 18.0 Å². The van der Waals surface area contributed by atoms with Crippen LogP contribution in [-0.2, 0) is 13.5 Å². The van der Waals surface area contributed by atoms with Crippen LogP contribution in [0.1, 0.15) is 22.5 Å². The van der Waals surface area contributed by atoms with E-state index in [4.69, 9.17) is 10.2 Å². The zero-order valence-electron chi connectivity index (χ0n) is 16.7. The van der Waals surface area contributed by atoms with Crippen molar-refractivity contribution in [1.82, 2.24) is 24.7 Å². The lowest BCUT2D eigenvalue weighted by Gasteiger charge is -2.11. The van der Waals surface area contributed by atoms with Gasteiger partial charge < -0.3 is 10.2 Å². The predicted molar refractivity (Wildman–Crippen MR) is 109 cm³/mol. The van der Waals surface area contributed by atoms with E-state index in [1.807, 2.05) is 0 Å². The summed E-state index contributed by atoms with van der Waals surface area (Å²) in [6, 6.07) is 6.17. The highest BCUT2D eigenvalue weighted by Gasteiger charge is 2.23. The number of halogens is 2. The quantitative estimate of drug-likeness (QED) is 0.455. The largest absolute Gasteiger partial charge is 0.443 e. The molecule has 11 heteroatoms. The topological polar surface area (TPSA) is 130 Å². The zero-order valence-corrected chi connectivity index (χ0v) is 16.7. The van der Waals surface area contributed by atoms with Crippen LogP contribution in [0.5, 0.6) is 0 Å². The molecule has 4 rings (SSSR count). The first-order valence-electron chi connectivity index (χ1n) is 9.43. The second-order valence-electron chi connectivity index (χ2n) is 6.80. The number of aromatic nitrogens is 5. The third-order valence-electron chi connectivity index (χ3n) is 4.69. The molecule has 0 bridgehead atoms. The van der Waals surface area contributed by atoms with Crippen LogP contribution in [0.4, 0.5) is 14.6 Å². The van der Waals surface area contributed by atoms with Gasteiger partial charge in [-0.05, 0) is 24.6 Å². The van der Waals surface area contributed by atoms with Crippen molar-refractivity contribution in [2.45, 2.75) is 12.8 Å². The number of nitrogen functional groups attached to an aromatic ring is 1. The molecule has 0 aliphatic carbocycles. The van der Waals surface area contributed by atoms with E-state index in [-0.39, 0.29) is 58.4 Å². The van der Waals surface area contributed by atoms with Gasteiger partial charge in [0.05, 0.1) is 6.20 Å². The SMILES string of the molecule is Cn1nc(-c2nc(C(=O)CCc3c(F)cccc3F)c(N)nc2-c2ncco2)ccc1=O. The maximum Gasteiger partial charge on any atom is 0.266 e. The summed E-state index contributed by atoms with van der Waals surface area (Å²) in [6.45, 7) is 0. The van der Waals surface area contributed by atoms with Crippen LogP contribution in [0.25, 0.3) is 23.0 Å². The van der Waals surface area contributed by atoms with E-state index in [0.29, 0.717) is 0 Å². The number of oxazole rings is 1. The maximum atomic E-state index is 13.9. The van der Waals surface area contributed by atoms with Crippen LogP contribution in [0, 0.1) is 11.6 Å². The van der Waals surface area contributed by atoms with Crippen molar-refractivity contribution >= 4 is 11.6 Å². The number of aryl methyl sites for hydroxylation is 1. The Balaban J connectivity index is 1.75. The smallest absolute Gasteiger partial charge is 0.266 e. The zero-order chi connectivity index (χ0) is 22.8. The third-order valence-corrected chi connectivity index (χ3v) is 4.69. The average molecular weight is 438 g/mol. The lowest BCUT2D eigenvalue weighted by Crippen LogP contribution is -2.19. The number of hydrogen-bond acceptors (Lipinski definition) is 8. The molecule has 3 aromatic heterocycles. The molecule has 2 N–H and O–H groups in total. The van der Waals surface area contributed by atoms with E-state index in [2.05, 4.69) is 20.1 Å². The lowest BCUT2D eigenvalue weighted by molar-refractivity contribution is 0.0978. The monoisotopic (exact) mass is 438 g/mol. The van der Waals surface area contributed by atoms with Gasteiger partial charge in [-0.15, -0.1) is 0 Å². The number of benzene rings is 1. The van der Waals surface area contributed by atoms with Crippen molar-refractivity contribution in [2.75, 3.05) is 5.73 Å². The van der Waals surface area contributed by atoms with Gasteiger partial charge in [0.25, 0.3) is 5.56 Å². The Morgan fingerprint density at radius 2 is 1.88 bits per heavy atom. The molecule has 0 saturated carbocycles. The number of hydrogen-bond donors (Lipinski definition) is 1. The van der Waals surface area contributed by atoms with E-state index in [0.717, 1.165) is 16.8 Å². The minimum Gasteiger partial charge on any atom is -0.443 e. The van der Waals surface area contributed by atoms with E-state index < -0.39 is 17.4 Å². The molecular formula is C21H16F2N6O3. The number of nitrogens with two attached hydrogens (primary N) is 1. The minimum atomic E-state index is -0.744. The van der Waals surface area contributed by atoms with Gasteiger partial charge in [0.1, 0.15) is 35.0 Å². The number of nitrogens with zero attached hydrogens (tertiary/aromatic N) is 5. The summed E-state index contributed by atoms with van der Waals surface area (Å²) < 4.78 is 34.2. The summed E-state index contributed by atoms with van der Waals surface area (Å²) in [7, 11) is 1.45. The van der Waals surface area contributed by atoms with Crippen LogP contribution >= 0.6 is 0 Å². The molecular weight excluding hydrogens is 422 g/mol. The van der Waals surface area contributed by atoms with Crippen LogP contribution in [0.15, 0.2) is 52.0 Å². The first-order chi connectivity index (χ1) is 15.3. The maximum absolute atomic E-state index is 13.9. The van der Waals surface area contributed by atoms with Gasteiger partial charge in [-0.25, -0.2) is 28.4 Å². The molecule has 0 fully saturated rings. The summed E-state index contributed by atoms with van der Waals surface area (Å²) in [6.07, 6.45) is 2.28. The van der Waals surface area contributed by atoms with Gasteiger partial charge in [0.15, 0.2) is 17.3 Å². The molecule has 0 aliphatic heterocycles. The van der Waals surface area contributed by atoms with Gasteiger partial charge in [-0.3, -0.25) is 9.59 Å². The highest BCUT2D eigenvalue weighted by atomic mass is 19.1. The average Bonchev–Trinajstić information content (AvgIpc) is 3.30. The number of carbonyl (C=O) groups excluding carboxylic acids is 1. The molecule has 0 spiro atoms. The van der Waals surface area contributed by atoms with Crippen molar-refractivity contribution in [3.05, 3.63) is 76.0 Å². The predicted octanol–water partition coefficient (Wildman–Crippen LogP) is 2.57. The number of anilines is 1. The molecule has 0 amide bonds. The summed E-state index contributed by atoms with van der Waals surface area (Å²) in [5, 5.41) is 4.14. The van der Waals surface area contributed by atoms with Crippen LogP contribution in [0.2, 0.25) is 0 Å². The summed E-state index contributed by atoms with van der Waals surface area (Å²) in [5.41, 5.74) is 5.68. The van der Waals surface area contributed by atoms with E-state index >= 15 is 0 Å². The van der Waals surface area contributed by atoms with Crippen LogP contribution < -0.4 is 11.3 Å². The highest BCUT2D eigenvalue weighted by Crippen LogP contribution is 2.29. The van der Waals surface area contributed by atoms with Crippen molar-refractivity contribution in [3.8, 4) is 23.0 Å². The molecule has 162 valence electrons. The molecule has 32 heavy (non-hydrogen) atoms. The molecule has 0 radical (unpaired) electrons. The molecule has 0 unspecified atom stereocenters. The lowest BCUT2D eigenvalue weighted by atomic mass is 10.0. The second-order valence-corrected chi connectivity index (χ2v) is 6.80. The minimum absolute atomic E-state index is 0.0854. The second kappa shape index (κ2) is 8.46. The highest BCUT2D eigenvalue weighted by molar-refractivity contribution is 5.99. The van der Waals surface area contributed by atoms with Crippen LogP contribution in [-0.4, -0.2) is 30.5 Å². The third kappa shape index (κ3) is 4.00. The molecule has 9 nitrogen and oxygen atoms in total. The van der Waals surface area contributed by atoms with Crippen molar-refractivity contribution in [1.29, 1.82) is 0 Å². The molecule has 3 heterocycles. The Kier molecular flexibility index (Phi) is 5.54. The Morgan fingerprint density at radius 3 is 2.53 bits per heavy atom. The summed E-state index contributed by atoms with van der Waals surface area (Å²) >= 11 is 0. The molecule has 1 aromatic carbocycles. The van der Waals surface area contributed by atoms with Gasteiger partial charge >= 0.3 is 0 Å². The Hall–Kier alpha value is -4.28. The molecule has 0 atom stereocenters. The first-order valence-corrected chi connectivity index (χ1v) is 9.43. The number of Topliss-reactive ketones (excluding diaryl/α,β-unsaturated/α-hetero) is 1. The van der Waals surface area contributed by atoms with Gasteiger partial charge in [0, 0.05) is 25.1 Å². The van der Waals surface area contributed by atoms with Crippen molar-refractivity contribution in [3.63, 3.8) is 0 Å². The van der Waals surface area contributed by atoms with E-state index in [9.17, 15) is 18.4 Å². The number of carbonyl (C=O) groups is 1. The molecule has 4 aromatic rings. The van der Waals surface area contributed by atoms with E-state index in [1.165, 1.54) is 37.7 Å². The Labute approximate surface area is 179 Å². The Morgan fingerprint density at radius 1 is 1.12 bits per heavy atom. The van der Waals surface area contributed by atoms with Crippen molar-refractivity contribution in [2.24, 2.45) is 7.05 Å². The normalized spacial score (nSPS) is 11.0. The first kappa shape index (κ1) is 21.0. The molecule has 0 saturated heterocycles. The standard InChI is InChI=1S/C21H16F2N6O3/c1-29-16(31)8-6-14(28-29)17-19(21-25-9-10-32-21)27-20(24)18(26-17)15(30)7-5-11-12(22)3-2-4-13(11)23/h2-4,6,8-10H,5,7H2,1H3,(H2,24,27). The van der Waals surface area contributed by atoms with Gasteiger partial charge in [-0.2, -0.15) is 5.10 Å². The van der Waals surface area contributed by atoms with Crippen LogP contribution in [0.3, 0.4) is 0 Å². The van der Waals surface area contributed by atoms with Gasteiger partial charge in [-0.1, -0.05) is 6.07 Å². The van der Waals surface area contributed by atoms with E-state index in [1.54, 1.807) is 0 Å². The fourth-order valence-electron chi connectivity index (χ4n) is 3.08. The fraction of sp³-hybridized carbons (Fsp3) is 0.143. The number of rotatable bonds is 6. The summed E-state index contributed by atoms with van der Waals surface area (Å²) in [5.74, 6) is -2.17. The summed E-state index contributed by atoms with van der Waals surface area (Å²) in [4.78, 5) is 37.1. The fourth-order valence-corrected chi connectivity index (χ4v) is 3.08.